The molecule has 1 saturated heterocycles. The molecule has 1 aliphatic heterocycles. The van der Waals surface area contributed by atoms with Crippen LogP contribution in [0.5, 0.6) is 0 Å². The number of aromatic nitrogens is 2. The summed E-state index contributed by atoms with van der Waals surface area (Å²) < 4.78 is 5.35. The van der Waals surface area contributed by atoms with E-state index in [1.165, 1.54) is 11.1 Å². The molecule has 5 nitrogen and oxygen atoms in total. The van der Waals surface area contributed by atoms with E-state index in [9.17, 15) is 0 Å². The largest absolute Gasteiger partial charge is 0.339 e. The van der Waals surface area contributed by atoms with Crippen LogP contribution < -0.4 is 5.32 Å². The average Bonchev–Trinajstić information content (AvgIpc) is 2.95. The number of piperazine rings is 1. The van der Waals surface area contributed by atoms with Gasteiger partial charge in [-0.2, -0.15) is 4.98 Å². The van der Waals surface area contributed by atoms with Crippen molar-refractivity contribution in [3.05, 3.63) is 47.1 Å². The molecule has 0 atom stereocenters. The van der Waals surface area contributed by atoms with E-state index < -0.39 is 0 Å². The minimum absolute atomic E-state index is 0.737. The molecule has 1 aromatic carbocycles. The smallest absolute Gasteiger partial charge is 0.227 e. The standard InChI is InChI=1S/C16H22N4O/c1-13-2-4-14(5-3-13)6-7-16-18-15(19-21-16)12-20-10-8-17-9-11-20/h2-5,17H,6-12H2,1H3. The topological polar surface area (TPSA) is 54.2 Å². The highest BCUT2D eigenvalue weighted by molar-refractivity contribution is 5.21. The molecular formula is C16H22N4O. The molecule has 0 saturated carbocycles. The molecule has 3 rings (SSSR count). The maximum atomic E-state index is 5.35. The third-order valence-electron chi connectivity index (χ3n) is 3.83. The number of aryl methyl sites for hydroxylation is 3. The number of rotatable bonds is 5. The molecule has 0 aliphatic carbocycles. The van der Waals surface area contributed by atoms with Gasteiger partial charge in [0.15, 0.2) is 5.82 Å². The third-order valence-corrected chi connectivity index (χ3v) is 3.83. The van der Waals surface area contributed by atoms with Crippen LogP contribution in [0.3, 0.4) is 0 Å². The normalized spacial score (nSPS) is 16.2. The van der Waals surface area contributed by atoms with Gasteiger partial charge in [-0.25, -0.2) is 0 Å². The number of hydrogen-bond donors (Lipinski definition) is 1. The van der Waals surface area contributed by atoms with Crippen molar-refractivity contribution in [3.63, 3.8) is 0 Å². The summed E-state index contributed by atoms with van der Waals surface area (Å²) in [6.07, 6.45) is 1.74. The Bertz CT molecular complexity index is 558. The first-order valence-electron chi connectivity index (χ1n) is 7.60. The van der Waals surface area contributed by atoms with Crippen LogP contribution >= 0.6 is 0 Å². The fraction of sp³-hybridized carbons (Fsp3) is 0.500. The predicted molar refractivity (Wildman–Crippen MR) is 81.0 cm³/mol. The lowest BCUT2D eigenvalue weighted by atomic mass is 10.1. The van der Waals surface area contributed by atoms with E-state index in [-0.39, 0.29) is 0 Å². The molecule has 1 fully saturated rings. The lowest BCUT2D eigenvalue weighted by Gasteiger charge is -2.25. The Labute approximate surface area is 125 Å². The highest BCUT2D eigenvalue weighted by atomic mass is 16.5. The zero-order valence-electron chi connectivity index (χ0n) is 12.5. The first-order chi connectivity index (χ1) is 10.3. The summed E-state index contributed by atoms with van der Waals surface area (Å²) in [5.74, 6) is 1.54. The van der Waals surface area contributed by atoms with E-state index in [0.29, 0.717) is 0 Å². The van der Waals surface area contributed by atoms with Crippen LogP contribution in [0, 0.1) is 6.92 Å². The van der Waals surface area contributed by atoms with Crippen molar-refractivity contribution in [3.8, 4) is 0 Å². The van der Waals surface area contributed by atoms with Gasteiger partial charge in [0.05, 0.1) is 6.54 Å². The van der Waals surface area contributed by atoms with E-state index in [2.05, 4.69) is 51.5 Å². The molecular weight excluding hydrogens is 264 g/mol. The van der Waals surface area contributed by atoms with E-state index in [1.54, 1.807) is 0 Å². The van der Waals surface area contributed by atoms with Crippen molar-refractivity contribution in [1.29, 1.82) is 0 Å². The van der Waals surface area contributed by atoms with Crippen molar-refractivity contribution >= 4 is 0 Å². The van der Waals surface area contributed by atoms with Crippen LogP contribution in [-0.4, -0.2) is 41.2 Å². The van der Waals surface area contributed by atoms with Crippen LogP contribution in [0.15, 0.2) is 28.8 Å². The maximum Gasteiger partial charge on any atom is 0.227 e. The maximum absolute atomic E-state index is 5.35. The van der Waals surface area contributed by atoms with E-state index in [4.69, 9.17) is 4.52 Å². The third kappa shape index (κ3) is 4.12. The summed E-state index contributed by atoms with van der Waals surface area (Å²) in [7, 11) is 0. The quantitative estimate of drug-likeness (QED) is 0.904. The fourth-order valence-corrected chi connectivity index (χ4v) is 2.53. The Kier molecular flexibility index (Phi) is 4.62. The second kappa shape index (κ2) is 6.83. The molecule has 0 spiro atoms. The highest BCUT2D eigenvalue weighted by Gasteiger charge is 2.13. The second-order valence-corrected chi connectivity index (χ2v) is 5.62. The van der Waals surface area contributed by atoms with Crippen molar-refractivity contribution in [1.82, 2.24) is 20.4 Å². The van der Waals surface area contributed by atoms with Crippen molar-refractivity contribution in [2.45, 2.75) is 26.3 Å². The van der Waals surface area contributed by atoms with Crippen molar-refractivity contribution in [2.75, 3.05) is 26.2 Å². The monoisotopic (exact) mass is 286 g/mol. The Balaban J connectivity index is 1.51. The van der Waals surface area contributed by atoms with Gasteiger partial charge in [-0.05, 0) is 18.9 Å². The molecule has 0 radical (unpaired) electrons. The molecule has 1 N–H and O–H groups in total. The van der Waals surface area contributed by atoms with Crippen LogP contribution in [0.25, 0.3) is 0 Å². The van der Waals surface area contributed by atoms with Gasteiger partial charge in [0.2, 0.25) is 5.89 Å². The molecule has 2 aromatic rings. The van der Waals surface area contributed by atoms with Crippen LogP contribution in [-0.2, 0) is 19.4 Å². The van der Waals surface area contributed by atoms with Crippen molar-refractivity contribution < 1.29 is 4.52 Å². The zero-order valence-corrected chi connectivity index (χ0v) is 12.5. The minimum atomic E-state index is 0.737. The van der Waals surface area contributed by atoms with E-state index >= 15 is 0 Å². The average molecular weight is 286 g/mol. The van der Waals surface area contributed by atoms with Gasteiger partial charge in [0, 0.05) is 32.6 Å². The zero-order chi connectivity index (χ0) is 14.5. The molecule has 21 heavy (non-hydrogen) atoms. The van der Waals surface area contributed by atoms with Gasteiger partial charge in [0.1, 0.15) is 0 Å². The van der Waals surface area contributed by atoms with Gasteiger partial charge in [0.25, 0.3) is 0 Å². The number of nitrogens with one attached hydrogen (secondary N) is 1. The molecule has 2 heterocycles. The molecule has 1 aromatic heterocycles. The lowest BCUT2D eigenvalue weighted by Crippen LogP contribution is -2.43. The summed E-state index contributed by atoms with van der Waals surface area (Å²) in [4.78, 5) is 6.85. The summed E-state index contributed by atoms with van der Waals surface area (Å²) in [5.41, 5.74) is 2.59. The van der Waals surface area contributed by atoms with Crippen molar-refractivity contribution in [2.24, 2.45) is 0 Å². The molecule has 5 heteroatoms. The molecule has 0 bridgehead atoms. The summed E-state index contributed by atoms with van der Waals surface area (Å²) in [6, 6.07) is 8.60. The summed E-state index contributed by atoms with van der Waals surface area (Å²) in [5, 5.41) is 7.43. The Morgan fingerprint density at radius 3 is 2.67 bits per heavy atom. The predicted octanol–water partition coefficient (Wildman–Crippen LogP) is 1.57. The Morgan fingerprint density at radius 2 is 1.90 bits per heavy atom. The molecule has 0 unspecified atom stereocenters. The number of benzene rings is 1. The molecule has 1 aliphatic rings. The molecule has 0 amide bonds. The lowest BCUT2D eigenvalue weighted by molar-refractivity contribution is 0.224. The number of nitrogens with zero attached hydrogens (tertiary/aromatic N) is 3. The van der Waals surface area contributed by atoms with E-state index in [1.807, 2.05) is 0 Å². The summed E-state index contributed by atoms with van der Waals surface area (Å²) >= 11 is 0. The van der Waals surface area contributed by atoms with Crippen LogP contribution in [0.2, 0.25) is 0 Å². The van der Waals surface area contributed by atoms with Crippen LogP contribution in [0.1, 0.15) is 22.8 Å². The highest BCUT2D eigenvalue weighted by Crippen LogP contribution is 2.09. The van der Waals surface area contributed by atoms with Gasteiger partial charge in [-0.15, -0.1) is 0 Å². The minimum Gasteiger partial charge on any atom is -0.339 e. The van der Waals surface area contributed by atoms with Gasteiger partial charge < -0.3 is 9.84 Å². The second-order valence-electron chi connectivity index (χ2n) is 5.62. The first-order valence-corrected chi connectivity index (χ1v) is 7.60. The Morgan fingerprint density at radius 1 is 1.14 bits per heavy atom. The number of hydrogen-bond acceptors (Lipinski definition) is 5. The van der Waals surface area contributed by atoms with E-state index in [0.717, 1.165) is 57.3 Å². The first kappa shape index (κ1) is 14.2. The summed E-state index contributed by atoms with van der Waals surface area (Å²) in [6.45, 7) is 7.07. The molecule has 112 valence electrons. The fourth-order valence-electron chi connectivity index (χ4n) is 2.53. The Hall–Kier alpha value is -1.72. The van der Waals surface area contributed by atoms with Gasteiger partial charge in [-0.1, -0.05) is 35.0 Å². The van der Waals surface area contributed by atoms with Crippen LogP contribution in [0.4, 0.5) is 0 Å². The van der Waals surface area contributed by atoms with Gasteiger partial charge >= 0.3 is 0 Å². The van der Waals surface area contributed by atoms with Gasteiger partial charge in [-0.3, -0.25) is 4.90 Å². The SMILES string of the molecule is Cc1ccc(CCc2nc(CN3CCNCC3)no2)cc1.